The molecule has 3 aromatic rings. The topological polar surface area (TPSA) is 19.6 Å². The average molecular weight is 368 g/mol. The maximum absolute atomic E-state index is 13.2. The van der Waals surface area contributed by atoms with Crippen LogP contribution in [0.3, 0.4) is 0 Å². The molecule has 0 amide bonds. The molecule has 0 atom stereocenters. The van der Waals surface area contributed by atoms with Crippen LogP contribution in [0.1, 0.15) is 29.5 Å². The number of halogens is 2. The highest BCUT2D eigenvalue weighted by atomic mass is 19.1. The van der Waals surface area contributed by atoms with Crippen molar-refractivity contribution >= 4 is 0 Å². The molecule has 2 heterocycles. The lowest BCUT2D eigenvalue weighted by molar-refractivity contribution is -0.0215. The van der Waals surface area contributed by atoms with Gasteiger partial charge in [-0.15, -0.1) is 0 Å². The summed E-state index contributed by atoms with van der Waals surface area (Å²) in [6, 6.07) is 17.2. The van der Waals surface area contributed by atoms with Crippen molar-refractivity contribution in [2.45, 2.75) is 25.7 Å². The van der Waals surface area contributed by atoms with Crippen LogP contribution in [-0.4, -0.2) is 22.9 Å². The van der Waals surface area contributed by atoms with E-state index in [0.717, 1.165) is 36.4 Å². The fourth-order valence-electron chi connectivity index (χ4n) is 3.73. The van der Waals surface area contributed by atoms with E-state index in [-0.39, 0.29) is 17.8 Å². The van der Waals surface area contributed by atoms with Crippen molar-refractivity contribution in [2.24, 2.45) is 0 Å². The third kappa shape index (κ3) is 4.26. The number of furan rings is 1. The van der Waals surface area contributed by atoms with Crippen molar-refractivity contribution in [3.05, 3.63) is 95.4 Å². The van der Waals surface area contributed by atoms with E-state index in [4.69, 9.17) is 4.42 Å². The van der Waals surface area contributed by atoms with Crippen molar-refractivity contribution in [3.8, 4) is 0 Å². The van der Waals surface area contributed by atoms with Crippen LogP contribution in [0, 0.1) is 11.6 Å². The van der Waals surface area contributed by atoms with Gasteiger partial charge in [-0.05, 0) is 53.9 Å². The number of hydrogen-bond donors (Lipinski definition) is 0. The molecule has 1 fully saturated rings. The molecule has 140 valence electrons. The standard InChI is InChI=1S/C22H22F2N2O/c23-19-8-4-17(5-9-19)15-25-12-2-13-26(22(25)21-3-1-14-27-21)16-18-6-10-20(24)11-7-18/h1,3-11,14,22H,2,12-13,15-16H2. The van der Waals surface area contributed by atoms with Crippen molar-refractivity contribution in [1.82, 2.24) is 9.80 Å². The third-order valence-corrected chi connectivity index (χ3v) is 4.98. The number of hydrogen-bond acceptors (Lipinski definition) is 3. The van der Waals surface area contributed by atoms with Crippen LogP contribution in [0.2, 0.25) is 0 Å². The van der Waals surface area contributed by atoms with Crippen molar-refractivity contribution in [2.75, 3.05) is 13.1 Å². The van der Waals surface area contributed by atoms with Crippen LogP contribution in [0.5, 0.6) is 0 Å². The molecule has 0 bridgehead atoms. The van der Waals surface area contributed by atoms with E-state index < -0.39 is 0 Å². The third-order valence-electron chi connectivity index (χ3n) is 4.98. The summed E-state index contributed by atoms with van der Waals surface area (Å²) in [5, 5.41) is 0. The first-order chi connectivity index (χ1) is 13.2. The molecule has 5 heteroatoms. The van der Waals surface area contributed by atoms with E-state index in [1.165, 1.54) is 24.3 Å². The second-order valence-electron chi connectivity index (χ2n) is 6.94. The molecule has 0 aliphatic carbocycles. The molecule has 1 aromatic heterocycles. The maximum Gasteiger partial charge on any atom is 0.135 e. The Morgan fingerprint density at radius 2 is 1.30 bits per heavy atom. The van der Waals surface area contributed by atoms with Crippen molar-refractivity contribution in [3.63, 3.8) is 0 Å². The molecular formula is C22H22F2N2O. The van der Waals surface area contributed by atoms with Crippen LogP contribution in [-0.2, 0) is 13.1 Å². The first kappa shape index (κ1) is 17.9. The average Bonchev–Trinajstić information content (AvgIpc) is 3.20. The summed E-state index contributed by atoms with van der Waals surface area (Å²) in [5.41, 5.74) is 2.13. The van der Waals surface area contributed by atoms with Crippen molar-refractivity contribution < 1.29 is 13.2 Å². The van der Waals surface area contributed by atoms with E-state index in [9.17, 15) is 8.78 Å². The van der Waals surface area contributed by atoms with Gasteiger partial charge in [-0.25, -0.2) is 8.78 Å². The molecule has 1 saturated heterocycles. The highest BCUT2D eigenvalue weighted by Gasteiger charge is 2.32. The normalized spacial score (nSPS) is 16.7. The Labute approximate surface area is 157 Å². The molecule has 3 nitrogen and oxygen atoms in total. The fourth-order valence-corrected chi connectivity index (χ4v) is 3.73. The van der Waals surface area contributed by atoms with E-state index >= 15 is 0 Å². The Bertz CT molecular complexity index is 792. The molecule has 27 heavy (non-hydrogen) atoms. The largest absolute Gasteiger partial charge is 0.466 e. The summed E-state index contributed by atoms with van der Waals surface area (Å²) < 4.78 is 32.2. The van der Waals surface area contributed by atoms with E-state index in [1.54, 1.807) is 6.26 Å². The molecular weight excluding hydrogens is 346 g/mol. The van der Waals surface area contributed by atoms with Gasteiger partial charge in [-0.2, -0.15) is 0 Å². The zero-order chi connectivity index (χ0) is 18.6. The summed E-state index contributed by atoms with van der Waals surface area (Å²) in [5.74, 6) is 0.440. The fraction of sp³-hybridized carbons (Fsp3) is 0.273. The SMILES string of the molecule is Fc1ccc(CN2CCCN(Cc3ccc(F)cc3)C2c2ccco2)cc1. The van der Waals surface area contributed by atoms with Crippen LogP contribution in [0.4, 0.5) is 8.78 Å². The van der Waals surface area contributed by atoms with Gasteiger partial charge in [0.15, 0.2) is 0 Å². The highest BCUT2D eigenvalue weighted by Crippen LogP contribution is 2.32. The minimum Gasteiger partial charge on any atom is -0.466 e. The molecule has 0 N–H and O–H groups in total. The lowest BCUT2D eigenvalue weighted by Gasteiger charge is -2.43. The maximum atomic E-state index is 13.2. The minimum atomic E-state index is -0.224. The monoisotopic (exact) mass is 368 g/mol. The van der Waals surface area contributed by atoms with Gasteiger partial charge in [0.1, 0.15) is 23.6 Å². The first-order valence-corrected chi connectivity index (χ1v) is 9.19. The van der Waals surface area contributed by atoms with Crippen LogP contribution in [0.25, 0.3) is 0 Å². The lowest BCUT2D eigenvalue weighted by Crippen LogP contribution is -2.46. The summed E-state index contributed by atoms with van der Waals surface area (Å²) in [7, 11) is 0. The highest BCUT2D eigenvalue weighted by molar-refractivity contribution is 5.19. The van der Waals surface area contributed by atoms with Gasteiger partial charge in [0, 0.05) is 26.2 Å². The molecule has 4 rings (SSSR count). The first-order valence-electron chi connectivity index (χ1n) is 9.19. The molecule has 2 aromatic carbocycles. The Morgan fingerprint density at radius 1 is 0.778 bits per heavy atom. The van der Waals surface area contributed by atoms with E-state index in [2.05, 4.69) is 9.80 Å². The van der Waals surface area contributed by atoms with Crippen LogP contribution < -0.4 is 0 Å². The van der Waals surface area contributed by atoms with Crippen LogP contribution in [0.15, 0.2) is 71.3 Å². The zero-order valence-electron chi connectivity index (χ0n) is 15.0. The molecule has 0 unspecified atom stereocenters. The Hall–Kier alpha value is -2.50. The van der Waals surface area contributed by atoms with Gasteiger partial charge >= 0.3 is 0 Å². The Balaban J connectivity index is 1.58. The summed E-state index contributed by atoms with van der Waals surface area (Å²) in [6.07, 6.45) is 2.71. The number of nitrogens with zero attached hydrogens (tertiary/aromatic N) is 2. The Morgan fingerprint density at radius 3 is 1.74 bits per heavy atom. The van der Waals surface area contributed by atoms with Gasteiger partial charge in [0.2, 0.25) is 0 Å². The number of rotatable bonds is 5. The summed E-state index contributed by atoms with van der Waals surface area (Å²) in [4.78, 5) is 4.69. The van der Waals surface area contributed by atoms with Gasteiger partial charge < -0.3 is 4.42 Å². The van der Waals surface area contributed by atoms with Crippen molar-refractivity contribution in [1.29, 1.82) is 0 Å². The number of benzene rings is 2. The zero-order valence-corrected chi connectivity index (χ0v) is 15.0. The van der Waals surface area contributed by atoms with Gasteiger partial charge in [0.25, 0.3) is 0 Å². The van der Waals surface area contributed by atoms with Gasteiger partial charge in [-0.1, -0.05) is 24.3 Å². The van der Waals surface area contributed by atoms with E-state index in [1.807, 2.05) is 36.4 Å². The predicted molar refractivity (Wildman–Crippen MR) is 99.7 cm³/mol. The quantitative estimate of drug-likeness (QED) is 0.634. The molecule has 1 aliphatic heterocycles. The minimum absolute atomic E-state index is 0.0103. The molecule has 0 saturated carbocycles. The Kier molecular flexibility index (Phi) is 5.32. The smallest absolute Gasteiger partial charge is 0.135 e. The molecule has 0 spiro atoms. The lowest BCUT2D eigenvalue weighted by atomic mass is 10.1. The van der Waals surface area contributed by atoms with Crippen LogP contribution >= 0.6 is 0 Å². The van der Waals surface area contributed by atoms with Gasteiger partial charge in [0.05, 0.1) is 6.26 Å². The summed E-state index contributed by atoms with van der Waals surface area (Å²) in [6.45, 7) is 3.29. The van der Waals surface area contributed by atoms with E-state index in [0.29, 0.717) is 13.1 Å². The molecule has 1 aliphatic rings. The second-order valence-corrected chi connectivity index (χ2v) is 6.94. The predicted octanol–water partition coefficient (Wildman–Crippen LogP) is 4.96. The second kappa shape index (κ2) is 8.03. The summed E-state index contributed by atoms with van der Waals surface area (Å²) >= 11 is 0. The van der Waals surface area contributed by atoms with Gasteiger partial charge in [-0.3, -0.25) is 9.80 Å². The molecule has 0 radical (unpaired) electrons.